The molecule has 26 heavy (non-hydrogen) atoms. The largest absolute Gasteiger partial charge is 0.353 e. The first kappa shape index (κ1) is 22.5. The fourth-order valence-electron chi connectivity index (χ4n) is 2.45. The second-order valence-electron chi connectivity index (χ2n) is 5.72. The van der Waals surface area contributed by atoms with Gasteiger partial charge in [0.25, 0.3) is 0 Å². The Bertz CT molecular complexity index is 831. The average Bonchev–Trinajstić information content (AvgIpc) is 3.00. The Labute approximate surface area is 172 Å². The van der Waals surface area contributed by atoms with Gasteiger partial charge < -0.3 is 14.8 Å². The average molecular weight is 491 g/mol. The van der Waals surface area contributed by atoms with Gasteiger partial charge in [-0.25, -0.2) is 13.1 Å². The van der Waals surface area contributed by atoms with Crippen LogP contribution in [0.3, 0.4) is 0 Å². The Hall–Kier alpha value is -1.59. The van der Waals surface area contributed by atoms with Gasteiger partial charge in [-0.05, 0) is 36.9 Å². The normalized spacial score (nSPS) is 11.8. The number of benzene rings is 1. The molecule has 0 saturated heterocycles. The summed E-state index contributed by atoms with van der Waals surface area (Å²) in [4.78, 5) is 6.59. The van der Waals surface area contributed by atoms with E-state index < -0.39 is 10.0 Å². The summed E-state index contributed by atoms with van der Waals surface area (Å²) in [5, 5.41) is 3.29. The van der Waals surface area contributed by atoms with Gasteiger partial charge in [0.2, 0.25) is 10.0 Å². The zero-order valence-corrected chi connectivity index (χ0v) is 18.6. The van der Waals surface area contributed by atoms with Crippen molar-refractivity contribution < 1.29 is 8.42 Å². The quantitative estimate of drug-likeness (QED) is 0.367. The lowest BCUT2D eigenvalue weighted by Crippen LogP contribution is -2.38. The Balaban J connectivity index is 0.00000338. The lowest BCUT2D eigenvalue weighted by Gasteiger charge is -2.22. The van der Waals surface area contributed by atoms with Gasteiger partial charge in [-0.2, -0.15) is 0 Å². The third-order valence-electron chi connectivity index (χ3n) is 3.98. The number of rotatable bonds is 6. The van der Waals surface area contributed by atoms with Crippen LogP contribution in [0.5, 0.6) is 0 Å². The maximum atomic E-state index is 11.7. The maximum absolute atomic E-state index is 11.7. The van der Waals surface area contributed by atoms with Gasteiger partial charge in [-0.15, -0.1) is 24.0 Å². The molecule has 0 spiro atoms. The molecule has 0 aliphatic rings. The fourth-order valence-corrected chi connectivity index (χ4v) is 3.18. The minimum Gasteiger partial charge on any atom is -0.353 e. The number of sulfonamides is 1. The molecule has 1 aromatic carbocycles. The van der Waals surface area contributed by atoms with E-state index in [0.29, 0.717) is 6.54 Å². The van der Waals surface area contributed by atoms with E-state index in [1.807, 2.05) is 31.3 Å². The van der Waals surface area contributed by atoms with E-state index in [-0.39, 0.29) is 28.9 Å². The maximum Gasteiger partial charge on any atom is 0.240 e. The van der Waals surface area contributed by atoms with Crippen molar-refractivity contribution in [2.45, 2.75) is 18.0 Å². The van der Waals surface area contributed by atoms with Crippen LogP contribution in [0.25, 0.3) is 0 Å². The summed E-state index contributed by atoms with van der Waals surface area (Å²) < 4.78 is 27.9. The van der Waals surface area contributed by atoms with Crippen LogP contribution in [0.1, 0.15) is 11.3 Å². The zero-order valence-electron chi connectivity index (χ0n) is 15.4. The van der Waals surface area contributed by atoms with Gasteiger partial charge >= 0.3 is 0 Å². The van der Waals surface area contributed by atoms with Crippen LogP contribution in [0, 0.1) is 0 Å². The van der Waals surface area contributed by atoms with Crippen molar-refractivity contribution in [2.24, 2.45) is 12.0 Å². The second kappa shape index (κ2) is 9.93. The standard InChI is InChI=1S/C17H25N5O2S.HI/c1-18-17(22(4)13-15-6-5-11-21(15)3)20-12-14-7-9-16(10-8-14)25(23,24)19-2;/h5-11,19H,12-13H2,1-4H3,(H,18,20);1H. The Kier molecular flexibility index (Phi) is 8.57. The van der Waals surface area contributed by atoms with Crippen LogP contribution in [0.2, 0.25) is 0 Å². The lowest BCUT2D eigenvalue weighted by molar-refractivity contribution is 0.461. The van der Waals surface area contributed by atoms with Crippen molar-refractivity contribution in [3.8, 4) is 0 Å². The molecule has 0 aliphatic heterocycles. The highest BCUT2D eigenvalue weighted by Gasteiger charge is 2.11. The number of nitrogens with zero attached hydrogens (tertiary/aromatic N) is 3. The Morgan fingerprint density at radius 1 is 1.23 bits per heavy atom. The second-order valence-corrected chi connectivity index (χ2v) is 7.61. The minimum absolute atomic E-state index is 0. The molecule has 2 N–H and O–H groups in total. The van der Waals surface area contributed by atoms with Gasteiger partial charge in [0.15, 0.2) is 5.96 Å². The van der Waals surface area contributed by atoms with Crippen molar-refractivity contribution in [1.82, 2.24) is 19.5 Å². The summed E-state index contributed by atoms with van der Waals surface area (Å²) in [6.07, 6.45) is 2.01. The molecule has 0 atom stereocenters. The van der Waals surface area contributed by atoms with Crippen molar-refractivity contribution in [3.05, 3.63) is 53.9 Å². The molecule has 0 aliphatic carbocycles. The van der Waals surface area contributed by atoms with E-state index in [0.717, 1.165) is 18.1 Å². The number of aryl methyl sites for hydroxylation is 1. The van der Waals surface area contributed by atoms with Gasteiger partial charge in [-0.1, -0.05) is 12.1 Å². The van der Waals surface area contributed by atoms with Crippen LogP contribution in [-0.4, -0.2) is 45.0 Å². The molecule has 144 valence electrons. The molecule has 2 aromatic rings. The number of nitrogens with one attached hydrogen (secondary N) is 2. The first-order chi connectivity index (χ1) is 11.9. The molecule has 0 bridgehead atoms. The molecular formula is C17H26IN5O2S. The van der Waals surface area contributed by atoms with E-state index in [1.165, 1.54) is 12.7 Å². The third kappa shape index (κ3) is 5.71. The number of aliphatic imine (C=N–C) groups is 1. The molecule has 1 aromatic heterocycles. The van der Waals surface area contributed by atoms with Gasteiger partial charge in [0, 0.05) is 39.6 Å². The highest BCUT2D eigenvalue weighted by Crippen LogP contribution is 2.10. The molecule has 7 nitrogen and oxygen atoms in total. The van der Waals surface area contributed by atoms with Crippen molar-refractivity contribution in [3.63, 3.8) is 0 Å². The van der Waals surface area contributed by atoms with E-state index >= 15 is 0 Å². The highest BCUT2D eigenvalue weighted by atomic mass is 127. The number of aromatic nitrogens is 1. The number of hydrogen-bond acceptors (Lipinski definition) is 3. The summed E-state index contributed by atoms with van der Waals surface area (Å²) >= 11 is 0. The molecule has 9 heteroatoms. The smallest absolute Gasteiger partial charge is 0.240 e. The van der Waals surface area contributed by atoms with Gasteiger partial charge in [-0.3, -0.25) is 4.99 Å². The molecule has 0 amide bonds. The van der Waals surface area contributed by atoms with Gasteiger partial charge in [0.05, 0.1) is 11.4 Å². The minimum atomic E-state index is -3.40. The summed E-state index contributed by atoms with van der Waals surface area (Å²) in [6, 6.07) is 10.9. The topological polar surface area (TPSA) is 78.7 Å². The van der Waals surface area contributed by atoms with Crippen LogP contribution in [0.15, 0.2) is 52.5 Å². The first-order valence-corrected chi connectivity index (χ1v) is 9.40. The Morgan fingerprint density at radius 3 is 2.38 bits per heavy atom. The highest BCUT2D eigenvalue weighted by molar-refractivity contribution is 14.0. The molecule has 0 saturated carbocycles. The Morgan fingerprint density at radius 2 is 1.88 bits per heavy atom. The third-order valence-corrected chi connectivity index (χ3v) is 5.41. The summed E-state index contributed by atoms with van der Waals surface area (Å²) in [5.74, 6) is 0.771. The van der Waals surface area contributed by atoms with Crippen molar-refractivity contribution in [2.75, 3.05) is 21.1 Å². The zero-order chi connectivity index (χ0) is 18.4. The van der Waals surface area contributed by atoms with Crippen LogP contribution in [0.4, 0.5) is 0 Å². The van der Waals surface area contributed by atoms with Crippen LogP contribution in [-0.2, 0) is 30.2 Å². The molecule has 1 heterocycles. The molecule has 2 rings (SSSR count). The monoisotopic (exact) mass is 491 g/mol. The van der Waals surface area contributed by atoms with Gasteiger partial charge in [0.1, 0.15) is 0 Å². The fraction of sp³-hybridized carbons (Fsp3) is 0.353. The SMILES string of the molecule is CN=C(NCc1ccc(S(=O)(=O)NC)cc1)N(C)Cc1cccn1C.I. The lowest BCUT2D eigenvalue weighted by atomic mass is 10.2. The van der Waals surface area contributed by atoms with Crippen molar-refractivity contribution in [1.29, 1.82) is 0 Å². The predicted octanol–water partition coefficient (Wildman–Crippen LogP) is 1.76. The van der Waals surface area contributed by atoms with E-state index in [1.54, 1.807) is 31.3 Å². The number of guanidine groups is 1. The van der Waals surface area contributed by atoms with Crippen molar-refractivity contribution >= 4 is 40.0 Å². The molecule has 0 fully saturated rings. The molecular weight excluding hydrogens is 465 g/mol. The van der Waals surface area contributed by atoms with E-state index in [4.69, 9.17) is 0 Å². The molecule has 0 unspecified atom stereocenters. The predicted molar refractivity (Wildman–Crippen MR) is 115 cm³/mol. The summed E-state index contributed by atoms with van der Waals surface area (Å²) in [5.41, 5.74) is 2.16. The summed E-state index contributed by atoms with van der Waals surface area (Å²) in [6.45, 7) is 1.30. The van der Waals surface area contributed by atoms with Crippen LogP contribution < -0.4 is 10.0 Å². The number of halogens is 1. The molecule has 0 radical (unpaired) electrons. The van der Waals surface area contributed by atoms with E-state index in [2.05, 4.69) is 25.7 Å². The van der Waals surface area contributed by atoms with E-state index in [9.17, 15) is 8.42 Å². The number of hydrogen-bond donors (Lipinski definition) is 2. The first-order valence-electron chi connectivity index (χ1n) is 7.92. The van der Waals surface area contributed by atoms with Crippen LogP contribution >= 0.6 is 24.0 Å². The summed E-state index contributed by atoms with van der Waals surface area (Å²) in [7, 11) is 3.73.